The molecule has 5 nitrogen and oxygen atoms in total. The van der Waals surface area contributed by atoms with E-state index in [0.717, 1.165) is 36.4 Å². The minimum atomic E-state index is 0. The van der Waals surface area contributed by atoms with Gasteiger partial charge in [0.2, 0.25) is 0 Å². The highest BCUT2D eigenvalue weighted by molar-refractivity contribution is 5.85. The monoisotopic (exact) mass is 278 g/mol. The summed E-state index contributed by atoms with van der Waals surface area (Å²) in [6.45, 7) is 1.92. The van der Waals surface area contributed by atoms with E-state index in [4.69, 9.17) is 4.74 Å². The van der Waals surface area contributed by atoms with Crippen LogP contribution in [-0.2, 0) is 0 Å². The molecule has 1 N–H and O–H groups in total. The fraction of sp³-hybridized carbons (Fsp3) is 0.308. The van der Waals surface area contributed by atoms with Crippen LogP contribution in [0.1, 0.15) is 6.42 Å². The van der Waals surface area contributed by atoms with E-state index < -0.39 is 0 Å². The van der Waals surface area contributed by atoms with E-state index in [1.54, 1.807) is 24.8 Å². The Morgan fingerprint density at radius 2 is 1.84 bits per heavy atom. The third kappa shape index (κ3) is 3.39. The summed E-state index contributed by atoms with van der Waals surface area (Å²) >= 11 is 0. The van der Waals surface area contributed by atoms with Crippen molar-refractivity contribution >= 4 is 12.4 Å². The molecule has 0 aromatic carbocycles. The molecule has 0 saturated carbocycles. The molecule has 0 spiro atoms. The van der Waals surface area contributed by atoms with E-state index in [0.29, 0.717) is 0 Å². The van der Waals surface area contributed by atoms with E-state index in [1.807, 2.05) is 6.07 Å². The molecule has 6 heteroatoms. The van der Waals surface area contributed by atoms with Gasteiger partial charge in [-0.25, -0.2) is 9.97 Å². The minimum absolute atomic E-state index is 0. The van der Waals surface area contributed by atoms with Crippen molar-refractivity contribution in [2.24, 2.45) is 0 Å². The van der Waals surface area contributed by atoms with Crippen molar-refractivity contribution in [3.8, 4) is 16.9 Å². The Hall–Kier alpha value is -1.72. The number of hydrogen-bond donors (Lipinski definition) is 1. The smallest absolute Gasteiger partial charge is 0.138 e. The average Bonchev–Trinajstić information content (AvgIpc) is 2.93. The van der Waals surface area contributed by atoms with Gasteiger partial charge in [-0.15, -0.1) is 12.4 Å². The first-order valence-electron chi connectivity index (χ1n) is 5.99. The molecule has 0 amide bonds. The summed E-state index contributed by atoms with van der Waals surface area (Å²) in [6, 6.07) is 1.98. The van der Waals surface area contributed by atoms with Crippen LogP contribution in [-0.4, -0.2) is 34.1 Å². The number of nitrogens with zero attached hydrogens (tertiary/aromatic N) is 3. The molecular weight excluding hydrogens is 264 g/mol. The van der Waals surface area contributed by atoms with Crippen molar-refractivity contribution in [2.45, 2.75) is 12.5 Å². The molecule has 1 fully saturated rings. The number of rotatable bonds is 3. The van der Waals surface area contributed by atoms with Gasteiger partial charge in [-0.2, -0.15) is 0 Å². The van der Waals surface area contributed by atoms with Crippen molar-refractivity contribution in [3.05, 3.63) is 37.2 Å². The van der Waals surface area contributed by atoms with Gasteiger partial charge in [0.05, 0.1) is 6.20 Å². The zero-order chi connectivity index (χ0) is 12.2. The Morgan fingerprint density at radius 1 is 1.05 bits per heavy atom. The SMILES string of the molecule is Cl.c1ncc(-c2cncc(O[C@H]3CCNC3)c2)cn1. The van der Waals surface area contributed by atoms with Gasteiger partial charge in [0, 0.05) is 36.3 Å². The molecule has 1 aliphatic rings. The van der Waals surface area contributed by atoms with Gasteiger partial charge in [-0.05, 0) is 19.0 Å². The second-order valence-corrected chi connectivity index (χ2v) is 4.27. The average molecular weight is 279 g/mol. The van der Waals surface area contributed by atoms with E-state index in [-0.39, 0.29) is 18.5 Å². The number of aromatic nitrogens is 3. The molecule has 2 aromatic heterocycles. The molecule has 1 saturated heterocycles. The second-order valence-electron chi connectivity index (χ2n) is 4.27. The highest BCUT2D eigenvalue weighted by atomic mass is 35.5. The maximum atomic E-state index is 5.87. The van der Waals surface area contributed by atoms with Gasteiger partial charge in [-0.3, -0.25) is 4.98 Å². The number of hydrogen-bond acceptors (Lipinski definition) is 5. The molecule has 0 aliphatic carbocycles. The van der Waals surface area contributed by atoms with Gasteiger partial charge in [0.1, 0.15) is 18.2 Å². The molecular formula is C13H15ClN4O. The van der Waals surface area contributed by atoms with Gasteiger partial charge in [0.15, 0.2) is 0 Å². The lowest BCUT2D eigenvalue weighted by Crippen LogP contribution is -2.19. The normalized spacial score (nSPS) is 17.8. The van der Waals surface area contributed by atoms with Crippen LogP contribution in [0.2, 0.25) is 0 Å². The third-order valence-electron chi connectivity index (χ3n) is 2.92. The molecule has 1 atom stereocenters. The molecule has 0 bridgehead atoms. The lowest BCUT2D eigenvalue weighted by Gasteiger charge is -2.12. The zero-order valence-corrected chi connectivity index (χ0v) is 11.1. The molecule has 3 rings (SSSR count). The van der Waals surface area contributed by atoms with Crippen LogP contribution in [0.5, 0.6) is 5.75 Å². The number of halogens is 1. The van der Waals surface area contributed by atoms with Crippen LogP contribution in [0.15, 0.2) is 37.2 Å². The zero-order valence-electron chi connectivity index (χ0n) is 10.3. The summed E-state index contributed by atoms with van der Waals surface area (Å²) < 4.78 is 5.87. The molecule has 1 aliphatic heterocycles. The molecule has 100 valence electrons. The van der Waals surface area contributed by atoms with E-state index in [1.165, 1.54) is 6.33 Å². The molecule has 19 heavy (non-hydrogen) atoms. The lowest BCUT2D eigenvalue weighted by molar-refractivity contribution is 0.222. The minimum Gasteiger partial charge on any atom is -0.487 e. The van der Waals surface area contributed by atoms with Crippen LogP contribution in [0.4, 0.5) is 0 Å². The highest BCUT2D eigenvalue weighted by Crippen LogP contribution is 2.22. The van der Waals surface area contributed by atoms with Crippen molar-refractivity contribution in [1.29, 1.82) is 0 Å². The van der Waals surface area contributed by atoms with Crippen molar-refractivity contribution in [3.63, 3.8) is 0 Å². The summed E-state index contributed by atoms with van der Waals surface area (Å²) in [5, 5.41) is 3.27. The number of nitrogens with one attached hydrogen (secondary N) is 1. The molecule has 0 radical (unpaired) electrons. The summed E-state index contributed by atoms with van der Waals surface area (Å²) in [6.07, 6.45) is 9.87. The van der Waals surface area contributed by atoms with Gasteiger partial charge in [0.25, 0.3) is 0 Å². The van der Waals surface area contributed by atoms with Gasteiger partial charge in [-0.1, -0.05) is 0 Å². The molecule has 0 unspecified atom stereocenters. The first-order chi connectivity index (χ1) is 8.92. The largest absolute Gasteiger partial charge is 0.487 e. The van der Waals surface area contributed by atoms with E-state index >= 15 is 0 Å². The number of pyridine rings is 1. The Labute approximate surface area is 117 Å². The van der Waals surface area contributed by atoms with Crippen molar-refractivity contribution in [1.82, 2.24) is 20.3 Å². The van der Waals surface area contributed by atoms with Crippen LogP contribution >= 0.6 is 12.4 Å². The first-order valence-corrected chi connectivity index (χ1v) is 5.99. The Balaban J connectivity index is 0.00000133. The summed E-state index contributed by atoms with van der Waals surface area (Å²) in [7, 11) is 0. The van der Waals surface area contributed by atoms with Crippen LogP contribution in [0, 0.1) is 0 Å². The molecule has 2 aromatic rings. The van der Waals surface area contributed by atoms with Crippen LogP contribution < -0.4 is 10.1 Å². The fourth-order valence-electron chi connectivity index (χ4n) is 2.01. The lowest BCUT2D eigenvalue weighted by atomic mass is 10.1. The summed E-state index contributed by atoms with van der Waals surface area (Å²) in [5.41, 5.74) is 1.92. The van der Waals surface area contributed by atoms with Gasteiger partial charge >= 0.3 is 0 Å². The standard InChI is InChI=1S/C13H14N4O.ClH/c1-2-14-7-12(1)18-13-3-10(4-15-8-13)11-5-16-9-17-6-11;/h3-6,8-9,12,14H,1-2,7H2;1H/t12-;/m0./s1. The maximum absolute atomic E-state index is 5.87. The van der Waals surface area contributed by atoms with E-state index in [2.05, 4.69) is 20.3 Å². The summed E-state index contributed by atoms with van der Waals surface area (Å²) in [5.74, 6) is 0.796. The predicted molar refractivity (Wildman–Crippen MR) is 74.4 cm³/mol. The second kappa shape index (κ2) is 6.45. The third-order valence-corrected chi connectivity index (χ3v) is 2.92. The Bertz CT molecular complexity index is 517. The van der Waals surface area contributed by atoms with Gasteiger partial charge < -0.3 is 10.1 Å². The van der Waals surface area contributed by atoms with Crippen LogP contribution in [0.25, 0.3) is 11.1 Å². The first kappa shape index (κ1) is 13.7. The topological polar surface area (TPSA) is 59.9 Å². The quantitative estimate of drug-likeness (QED) is 0.926. The Morgan fingerprint density at radius 3 is 2.58 bits per heavy atom. The van der Waals surface area contributed by atoms with Crippen molar-refractivity contribution in [2.75, 3.05) is 13.1 Å². The predicted octanol–water partition coefficient (Wildman–Crippen LogP) is 1.70. The maximum Gasteiger partial charge on any atom is 0.138 e. The van der Waals surface area contributed by atoms with Crippen LogP contribution in [0.3, 0.4) is 0 Å². The van der Waals surface area contributed by atoms with E-state index in [9.17, 15) is 0 Å². The van der Waals surface area contributed by atoms with Crippen molar-refractivity contribution < 1.29 is 4.74 Å². The highest BCUT2D eigenvalue weighted by Gasteiger charge is 2.16. The number of ether oxygens (including phenoxy) is 1. The molecule has 3 heterocycles. The Kier molecular flexibility index (Phi) is 4.65. The summed E-state index contributed by atoms with van der Waals surface area (Å²) in [4.78, 5) is 12.2. The fourth-order valence-corrected chi connectivity index (χ4v) is 2.01.